The molecule has 37 heavy (non-hydrogen) atoms. The van der Waals surface area contributed by atoms with Crippen molar-refractivity contribution in [1.82, 2.24) is 15.1 Å². The molecule has 0 aliphatic carbocycles. The second kappa shape index (κ2) is 10.0. The Morgan fingerprint density at radius 3 is 2.46 bits per heavy atom. The van der Waals surface area contributed by atoms with Crippen LogP contribution in [0.15, 0.2) is 77.5 Å². The van der Waals surface area contributed by atoms with E-state index in [1.807, 2.05) is 54.6 Å². The van der Waals surface area contributed by atoms with Crippen LogP contribution in [-0.2, 0) is 0 Å². The highest BCUT2D eigenvalue weighted by Crippen LogP contribution is 2.46. The van der Waals surface area contributed by atoms with Gasteiger partial charge < -0.3 is 4.42 Å². The van der Waals surface area contributed by atoms with Crippen molar-refractivity contribution >= 4 is 11.6 Å². The molecule has 1 aromatic heterocycles. The first-order valence-corrected chi connectivity index (χ1v) is 12.4. The van der Waals surface area contributed by atoms with Crippen LogP contribution < -0.4 is 0 Å². The van der Waals surface area contributed by atoms with Gasteiger partial charge in [0.05, 0.1) is 17.7 Å². The molecule has 1 fully saturated rings. The predicted octanol–water partition coefficient (Wildman–Crippen LogP) is 6.95. The summed E-state index contributed by atoms with van der Waals surface area (Å²) < 4.78 is 35.2. The fourth-order valence-corrected chi connectivity index (χ4v) is 5.58. The highest BCUT2D eigenvalue weighted by atomic mass is 35.5. The summed E-state index contributed by atoms with van der Waals surface area (Å²) in [6.45, 7) is 4.21. The minimum atomic E-state index is -1.61. The Hall–Kier alpha value is -3.60. The molecule has 0 spiro atoms. The maximum absolute atomic E-state index is 15.5. The van der Waals surface area contributed by atoms with Crippen LogP contribution in [0.3, 0.4) is 0 Å². The van der Waals surface area contributed by atoms with Gasteiger partial charge in [-0.15, -0.1) is 10.2 Å². The first-order valence-electron chi connectivity index (χ1n) is 12.0. The van der Waals surface area contributed by atoms with Crippen LogP contribution in [0.25, 0.3) is 11.5 Å². The van der Waals surface area contributed by atoms with E-state index in [4.69, 9.17) is 16.0 Å². The van der Waals surface area contributed by atoms with Gasteiger partial charge in [0, 0.05) is 29.6 Å². The Morgan fingerprint density at radius 2 is 1.81 bits per heavy atom. The summed E-state index contributed by atoms with van der Waals surface area (Å²) in [6, 6.07) is 21.6. The highest BCUT2D eigenvalue weighted by Gasteiger charge is 2.45. The average molecular weight is 519 g/mol. The second-order valence-corrected chi connectivity index (χ2v) is 10.4. The first kappa shape index (κ1) is 25.1. The predicted molar refractivity (Wildman–Crippen MR) is 137 cm³/mol. The average Bonchev–Trinajstić information content (AvgIpc) is 3.38. The largest absolute Gasteiger partial charge is 0.423 e. The van der Waals surface area contributed by atoms with E-state index in [0.29, 0.717) is 29.6 Å². The van der Waals surface area contributed by atoms with Gasteiger partial charge in [0.15, 0.2) is 0 Å². The van der Waals surface area contributed by atoms with Crippen molar-refractivity contribution < 1.29 is 13.2 Å². The van der Waals surface area contributed by atoms with Gasteiger partial charge in [-0.2, -0.15) is 5.26 Å². The first-order chi connectivity index (χ1) is 17.7. The Balaban J connectivity index is 1.48. The fourth-order valence-electron chi connectivity index (χ4n) is 5.46. The smallest absolute Gasteiger partial charge is 0.247 e. The molecule has 0 amide bonds. The number of benzene rings is 3. The summed E-state index contributed by atoms with van der Waals surface area (Å²) >= 11 is 6.17. The minimum absolute atomic E-state index is 0.0673. The van der Waals surface area contributed by atoms with Gasteiger partial charge in [-0.05, 0) is 78.9 Å². The van der Waals surface area contributed by atoms with Gasteiger partial charge in [0.1, 0.15) is 11.5 Å². The zero-order valence-corrected chi connectivity index (χ0v) is 21.2. The summed E-state index contributed by atoms with van der Waals surface area (Å²) in [7, 11) is 0. The van der Waals surface area contributed by atoms with Crippen molar-refractivity contribution in [2.45, 2.75) is 31.5 Å². The molecular formula is C29H25ClF2N4O. The lowest BCUT2D eigenvalue weighted by Gasteiger charge is -2.50. The third-order valence-electron chi connectivity index (χ3n) is 6.92. The maximum Gasteiger partial charge on any atom is 0.247 e. The summed E-state index contributed by atoms with van der Waals surface area (Å²) in [5.41, 5.74) is 1.96. The maximum atomic E-state index is 15.5. The SMILES string of the molecule is CC(C)(F)[C@H](c1cc(F)cc(C#N)c1)C1CN([C@@H](c2ccc(Cl)cc2)c2cccc(-c3nnco3)c2)C1. The number of aromatic nitrogens is 2. The van der Waals surface area contributed by atoms with E-state index in [1.165, 1.54) is 32.4 Å². The molecule has 1 aliphatic heterocycles. The van der Waals surface area contributed by atoms with Crippen LogP contribution in [0, 0.1) is 23.1 Å². The van der Waals surface area contributed by atoms with Crippen molar-refractivity contribution in [3.05, 3.63) is 106 Å². The second-order valence-electron chi connectivity index (χ2n) is 9.96. The molecule has 0 saturated carbocycles. The summed E-state index contributed by atoms with van der Waals surface area (Å²) in [5.74, 6) is -0.738. The topological polar surface area (TPSA) is 66.0 Å². The Morgan fingerprint density at radius 1 is 1.05 bits per heavy atom. The van der Waals surface area contributed by atoms with Gasteiger partial charge in [0.25, 0.3) is 0 Å². The molecule has 4 aromatic rings. The molecule has 1 saturated heterocycles. The van der Waals surface area contributed by atoms with Gasteiger partial charge >= 0.3 is 0 Å². The number of likely N-dealkylation sites (tertiary alicyclic amines) is 1. The fraction of sp³-hybridized carbons (Fsp3) is 0.276. The minimum Gasteiger partial charge on any atom is -0.423 e. The number of hydrogen-bond donors (Lipinski definition) is 0. The van der Waals surface area contributed by atoms with Crippen LogP contribution in [0.1, 0.15) is 48.1 Å². The Kier molecular flexibility index (Phi) is 6.80. The molecule has 0 N–H and O–H groups in total. The number of hydrogen-bond acceptors (Lipinski definition) is 5. The van der Waals surface area contributed by atoms with E-state index in [1.54, 1.807) is 6.07 Å². The van der Waals surface area contributed by atoms with Crippen LogP contribution in [-0.4, -0.2) is 33.9 Å². The quantitative estimate of drug-likeness (QED) is 0.265. The van der Waals surface area contributed by atoms with Crippen molar-refractivity contribution in [2.75, 3.05) is 13.1 Å². The lowest BCUT2D eigenvalue weighted by Crippen LogP contribution is -2.53. The lowest BCUT2D eigenvalue weighted by molar-refractivity contribution is 0.00813. The van der Waals surface area contributed by atoms with Gasteiger partial charge in [-0.1, -0.05) is 35.9 Å². The highest BCUT2D eigenvalue weighted by molar-refractivity contribution is 6.30. The van der Waals surface area contributed by atoms with Gasteiger partial charge in [-0.25, -0.2) is 8.78 Å². The van der Waals surface area contributed by atoms with Gasteiger partial charge in [0.2, 0.25) is 12.3 Å². The summed E-state index contributed by atoms with van der Waals surface area (Å²) in [5, 5.41) is 17.8. The van der Waals surface area contributed by atoms with Crippen molar-refractivity contribution in [3.8, 4) is 17.5 Å². The third kappa shape index (κ3) is 5.27. The van der Waals surface area contributed by atoms with Crippen LogP contribution in [0.4, 0.5) is 8.78 Å². The standard InChI is InChI=1S/C29H25ClF2N4O/c1-29(2,32)26(22-10-18(14-33)11-25(31)13-22)23-15-36(16-23)27(19-6-8-24(30)9-7-19)20-4-3-5-21(12-20)28-35-34-17-37-28/h3-13,17,23,26-27H,15-16H2,1-2H3/t26-,27+/m1/s1. The molecule has 5 rings (SSSR count). The molecule has 188 valence electrons. The van der Waals surface area contributed by atoms with Gasteiger partial charge in [-0.3, -0.25) is 4.90 Å². The van der Waals surface area contributed by atoms with E-state index >= 15 is 4.39 Å². The molecule has 3 aromatic carbocycles. The summed E-state index contributed by atoms with van der Waals surface area (Å²) in [6.07, 6.45) is 1.29. The van der Waals surface area contributed by atoms with E-state index in [-0.39, 0.29) is 17.5 Å². The monoisotopic (exact) mass is 518 g/mol. The van der Waals surface area contributed by atoms with Crippen molar-refractivity contribution in [2.24, 2.45) is 5.92 Å². The van der Waals surface area contributed by atoms with E-state index in [0.717, 1.165) is 16.7 Å². The number of rotatable bonds is 7. The number of alkyl halides is 1. The molecule has 8 heteroatoms. The molecule has 2 atom stereocenters. The molecule has 0 unspecified atom stereocenters. The zero-order chi connectivity index (χ0) is 26.2. The van der Waals surface area contributed by atoms with Crippen LogP contribution >= 0.6 is 11.6 Å². The third-order valence-corrected chi connectivity index (χ3v) is 7.17. The molecule has 2 heterocycles. The molecule has 5 nitrogen and oxygen atoms in total. The number of nitriles is 1. The normalized spacial score (nSPS) is 16.1. The molecule has 0 radical (unpaired) electrons. The number of nitrogens with zero attached hydrogens (tertiary/aromatic N) is 4. The van der Waals surface area contributed by atoms with Crippen molar-refractivity contribution in [3.63, 3.8) is 0 Å². The zero-order valence-electron chi connectivity index (χ0n) is 20.4. The Bertz CT molecular complexity index is 1420. The number of halogens is 3. The van der Waals surface area contributed by atoms with E-state index in [9.17, 15) is 9.65 Å². The van der Waals surface area contributed by atoms with Crippen LogP contribution in [0.5, 0.6) is 0 Å². The molecular weight excluding hydrogens is 494 g/mol. The van der Waals surface area contributed by atoms with Crippen molar-refractivity contribution in [1.29, 1.82) is 5.26 Å². The molecule has 1 aliphatic rings. The van der Waals surface area contributed by atoms with E-state index in [2.05, 4.69) is 15.1 Å². The van der Waals surface area contributed by atoms with Crippen LogP contribution in [0.2, 0.25) is 5.02 Å². The molecule has 0 bridgehead atoms. The summed E-state index contributed by atoms with van der Waals surface area (Å²) in [4.78, 5) is 2.27. The Labute approximate surface area is 219 Å². The van der Waals surface area contributed by atoms with E-state index < -0.39 is 17.4 Å². The lowest BCUT2D eigenvalue weighted by atomic mass is 9.72.